The maximum Gasteiger partial charge on any atom is 0.416 e. The number of halogens is 3. The van der Waals surface area contributed by atoms with Crippen molar-refractivity contribution >= 4 is 26.6 Å². The average Bonchev–Trinajstić information content (AvgIpc) is 2.65. The number of nitro benzene ring substituents is 1. The molecule has 0 amide bonds. The lowest BCUT2D eigenvalue weighted by Gasteiger charge is -2.10. The normalized spacial score (nSPS) is 12.2. The summed E-state index contributed by atoms with van der Waals surface area (Å²) in [6.07, 6.45) is -3.15. The number of fused-ring (bicyclic) bond motifs is 1. The maximum absolute atomic E-state index is 12.6. The second kappa shape index (κ2) is 7.17. The Morgan fingerprint density at radius 2 is 1.75 bits per heavy atom. The van der Waals surface area contributed by atoms with Gasteiger partial charge in [0, 0.05) is 18.8 Å². The number of pyridine rings is 1. The number of aromatic nitrogens is 1. The third kappa shape index (κ3) is 3.94. The van der Waals surface area contributed by atoms with Gasteiger partial charge in [-0.25, -0.2) is 13.1 Å². The SMILES string of the molecule is O=[N+]([O-])c1ccc(CNS(=O)(=O)c2ccc(C(F)(F)F)cc2)c2ncccc12. The minimum Gasteiger partial charge on any atom is -0.258 e. The zero-order chi connectivity index (χ0) is 20.5. The average molecular weight is 411 g/mol. The highest BCUT2D eigenvalue weighted by atomic mass is 32.2. The van der Waals surface area contributed by atoms with E-state index in [1.54, 1.807) is 0 Å². The van der Waals surface area contributed by atoms with Gasteiger partial charge < -0.3 is 0 Å². The predicted molar refractivity (Wildman–Crippen MR) is 93.9 cm³/mol. The van der Waals surface area contributed by atoms with Crippen LogP contribution in [0.5, 0.6) is 0 Å². The number of non-ortho nitro benzene ring substituents is 1. The molecule has 146 valence electrons. The van der Waals surface area contributed by atoms with Crippen molar-refractivity contribution in [3.63, 3.8) is 0 Å². The lowest BCUT2D eigenvalue weighted by atomic mass is 10.1. The molecule has 0 radical (unpaired) electrons. The first-order valence-corrected chi connectivity index (χ1v) is 9.26. The minimum atomic E-state index is -4.57. The number of hydrogen-bond acceptors (Lipinski definition) is 5. The van der Waals surface area contributed by atoms with Crippen LogP contribution in [0.3, 0.4) is 0 Å². The van der Waals surface area contributed by atoms with E-state index in [4.69, 9.17) is 0 Å². The predicted octanol–water partition coefficient (Wildman–Crippen LogP) is 3.64. The van der Waals surface area contributed by atoms with Crippen LogP contribution in [0.15, 0.2) is 59.6 Å². The molecule has 11 heteroatoms. The molecule has 2 aromatic carbocycles. The van der Waals surface area contributed by atoms with Gasteiger partial charge in [-0.2, -0.15) is 13.2 Å². The molecule has 3 aromatic rings. The van der Waals surface area contributed by atoms with E-state index in [9.17, 15) is 31.7 Å². The van der Waals surface area contributed by atoms with Crippen LogP contribution < -0.4 is 4.72 Å². The summed E-state index contributed by atoms with van der Waals surface area (Å²) in [6, 6.07) is 8.71. The summed E-state index contributed by atoms with van der Waals surface area (Å²) in [4.78, 5) is 14.3. The monoisotopic (exact) mass is 411 g/mol. The fourth-order valence-corrected chi connectivity index (χ4v) is 3.60. The molecule has 0 saturated heterocycles. The van der Waals surface area contributed by atoms with Gasteiger partial charge in [-0.1, -0.05) is 0 Å². The summed E-state index contributed by atoms with van der Waals surface area (Å²) in [5, 5.41) is 11.4. The Morgan fingerprint density at radius 1 is 1.07 bits per heavy atom. The quantitative estimate of drug-likeness (QED) is 0.510. The van der Waals surface area contributed by atoms with E-state index in [0.717, 1.165) is 12.1 Å². The fourth-order valence-electron chi connectivity index (χ4n) is 2.60. The molecule has 0 aliphatic heterocycles. The van der Waals surface area contributed by atoms with Crippen molar-refractivity contribution < 1.29 is 26.5 Å². The first-order chi connectivity index (χ1) is 13.1. The van der Waals surface area contributed by atoms with E-state index in [0.29, 0.717) is 17.7 Å². The highest BCUT2D eigenvalue weighted by Crippen LogP contribution is 2.30. The van der Waals surface area contributed by atoms with Crippen molar-refractivity contribution in [3.05, 3.63) is 76.0 Å². The Morgan fingerprint density at radius 3 is 2.36 bits per heavy atom. The molecule has 0 bridgehead atoms. The van der Waals surface area contributed by atoms with Crippen molar-refractivity contribution in [1.82, 2.24) is 9.71 Å². The van der Waals surface area contributed by atoms with Crippen LogP contribution in [-0.4, -0.2) is 18.3 Å². The minimum absolute atomic E-state index is 0.169. The highest BCUT2D eigenvalue weighted by molar-refractivity contribution is 7.89. The largest absolute Gasteiger partial charge is 0.416 e. The van der Waals surface area contributed by atoms with Gasteiger partial charge >= 0.3 is 6.18 Å². The molecular formula is C17H12F3N3O4S. The number of nitro groups is 1. The van der Waals surface area contributed by atoms with Gasteiger partial charge in [0.05, 0.1) is 26.3 Å². The molecule has 1 aromatic heterocycles. The molecule has 0 aliphatic rings. The maximum atomic E-state index is 12.6. The van der Waals surface area contributed by atoms with Crippen molar-refractivity contribution in [2.75, 3.05) is 0 Å². The number of rotatable bonds is 5. The second-order valence-electron chi connectivity index (χ2n) is 5.75. The zero-order valence-corrected chi connectivity index (χ0v) is 14.8. The summed E-state index contributed by atoms with van der Waals surface area (Å²) in [5.74, 6) is 0. The summed E-state index contributed by atoms with van der Waals surface area (Å²) in [6.45, 7) is -0.241. The van der Waals surface area contributed by atoms with E-state index < -0.39 is 26.7 Å². The molecular weight excluding hydrogens is 399 g/mol. The van der Waals surface area contributed by atoms with Gasteiger partial charge in [-0.05, 0) is 48.0 Å². The lowest BCUT2D eigenvalue weighted by molar-refractivity contribution is -0.383. The van der Waals surface area contributed by atoms with Crippen LogP contribution in [0.4, 0.5) is 18.9 Å². The van der Waals surface area contributed by atoms with Gasteiger partial charge in [-0.15, -0.1) is 0 Å². The second-order valence-corrected chi connectivity index (χ2v) is 7.51. The number of sulfonamides is 1. The standard InChI is InChI=1S/C17H12F3N3O4S/c18-17(19,20)12-4-6-13(7-5-12)28(26,27)22-10-11-3-8-15(23(24)25)14-2-1-9-21-16(11)14/h1-9,22H,10H2. The smallest absolute Gasteiger partial charge is 0.258 e. The molecule has 0 spiro atoms. The molecule has 1 heterocycles. The zero-order valence-electron chi connectivity index (χ0n) is 14.0. The van der Waals surface area contributed by atoms with Gasteiger partial charge in [0.25, 0.3) is 5.69 Å². The van der Waals surface area contributed by atoms with Gasteiger partial charge in [0.1, 0.15) is 0 Å². The van der Waals surface area contributed by atoms with E-state index in [-0.39, 0.29) is 28.0 Å². The van der Waals surface area contributed by atoms with Crippen LogP contribution >= 0.6 is 0 Å². The number of hydrogen-bond donors (Lipinski definition) is 1. The van der Waals surface area contributed by atoms with Crippen LogP contribution in [0.1, 0.15) is 11.1 Å². The number of benzene rings is 2. The molecule has 0 atom stereocenters. The Hall–Kier alpha value is -3.05. The van der Waals surface area contributed by atoms with Crippen molar-refractivity contribution in [2.24, 2.45) is 0 Å². The summed E-state index contributed by atoms with van der Waals surface area (Å²) < 4.78 is 64.8. The molecule has 28 heavy (non-hydrogen) atoms. The van der Waals surface area contributed by atoms with Gasteiger partial charge in [-0.3, -0.25) is 15.1 Å². The van der Waals surface area contributed by atoms with Crippen LogP contribution in [0.2, 0.25) is 0 Å². The Bertz CT molecular complexity index is 1150. The first kappa shape index (κ1) is 19.7. The van der Waals surface area contributed by atoms with E-state index in [1.165, 1.54) is 30.5 Å². The first-order valence-electron chi connectivity index (χ1n) is 7.77. The summed E-state index contributed by atoms with van der Waals surface area (Å²) in [5.41, 5.74) is -0.488. The summed E-state index contributed by atoms with van der Waals surface area (Å²) in [7, 11) is -4.09. The molecule has 0 unspecified atom stereocenters. The molecule has 0 aliphatic carbocycles. The Labute approximate surface area is 157 Å². The van der Waals surface area contributed by atoms with E-state index >= 15 is 0 Å². The van der Waals surface area contributed by atoms with E-state index in [2.05, 4.69) is 9.71 Å². The molecule has 1 N–H and O–H groups in total. The number of nitrogens with zero attached hydrogens (tertiary/aromatic N) is 2. The number of nitrogens with one attached hydrogen (secondary N) is 1. The lowest BCUT2D eigenvalue weighted by Crippen LogP contribution is -2.23. The van der Waals surface area contributed by atoms with Crippen molar-refractivity contribution in [3.8, 4) is 0 Å². The van der Waals surface area contributed by atoms with Crippen LogP contribution in [-0.2, 0) is 22.7 Å². The van der Waals surface area contributed by atoms with Crippen LogP contribution in [0, 0.1) is 10.1 Å². The Kier molecular flexibility index (Phi) is 5.04. The third-order valence-corrected chi connectivity index (χ3v) is 5.39. The molecule has 0 saturated carbocycles. The van der Waals surface area contributed by atoms with Crippen molar-refractivity contribution in [1.29, 1.82) is 0 Å². The van der Waals surface area contributed by atoms with Crippen LogP contribution in [0.25, 0.3) is 10.9 Å². The summed E-state index contributed by atoms with van der Waals surface area (Å²) >= 11 is 0. The fraction of sp³-hybridized carbons (Fsp3) is 0.118. The van der Waals surface area contributed by atoms with Crippen molar-refractivity contribution in [2.45, 2.75) is 17.6 Å². The number of alkyl halides is 3. The highest BCUT2D eigenvalue weighted by Gasteiger charge is 2.30. The molecule has 3 rings (SSSR count). The third-order valence-electron chi connectivity index (χ3n) is 3.97. The van der Waals surface area contributed by atoms with Gasteiger partial charge in [0.2, 0.25) is 10.0 Å². The Balaban J connectivity index is 1.87. The molecule has 7 nitrogen and oxygen atoms in total. The topological polar surface area (TPSA) is 102 Å². The van der Waals surface area contributed by atoms with E-state index in [1.807, 2.05) is 0 Å². The molecule has 0 fully saturated rings. The van der Waals surface area contributed by atoms with Gasteiger partial charge in [0.15, 0.2) is 0 Å².